The van der Waals surface area contributed by atoms with Gasteiger partial charge in [-0.3, -0.25) is 0 Å². The van der Waals surface area contributed by atoms with Crippen LogP contribution in [0.1, 0.15) is 18.6 Å². The van der Waals surface area contributed by atoms with E-state index in [1.54, 1.807) is 19.2 Å². The Morgan fingerprint density at radius 1 is 1.07 bits per heavy atom. The predicted molar refractivity (Wildman–Crippen MR) is 59.3 cm³/mol. The monoisotopic (exact) mass is 204 g/mol. The third-order valence-electron chi connectivity index (χ3n) is 2.70. The normalized spacial score (nSPS) is 13.0. The van der Waals surface area contributed by atoms with Crippen LogP contribution in [0.3, 0.4) is 0 Å². The van der Waals surface area contributed by atoms with Crippen molar-refractivity contribution in [3.63, 3.8) is 0 Å². The number of halogens is 1. The second-order valence-corrected chi connectivity index (χ2v) is 3.56. The van der Waals surface area contributed by atoms with Crippen molar-refractivity contribution in [1.29, 1.82) is 0 Å². The molecule has 0 aliphatic rings. The first-order valence-electron chi connectivity index (χ1n) is 4.94. The van der Waals surface area contributed by atoms with E-state index >= 15 is 0 Å². The van der Waals surface area contributed by atoms with Gasteiger partial charge in [0.15, 0.2) is 0 Å². The molecular formula is C13H13FO. The lowest BCUT2D eigenvalue weighted by Crippen LogP contribution is -1.97. The molecule has 15 heavy (non-hydrogen) atoms. The zero-order valence-electron chi connectivity index (χ0n) is 8.83. The van der Waals surface area contributed by atoms with Gasteiger partial charge in [-0.2, -0.15) is 0 Å². The van der Waals surface area contributed by atoms with Crippen molar-refractivity contribution in [2.45, 2.75) is 13.0 Å². The molecule has 0 heterocycles. The van der Waals surface area contributed by atoms with Crippen LogP contribution in [0.5, 0.6) is 0 Å². The minimum atomic E-state index is -0.183. The lowest BCUT2D eigenvalue weighted by atomic mass is 10.0. The molecule has 0 N–H and O–H groups in total. The maximum atomic E-state index is 13.5. The minimum Gasteiger partial charge on any atom is -0.377 e. The fourth-order valence-electron chi connectivity index (χ4n) is 1.77. The molecular weight excluding hydrogens is 191 g/mol. The van der Waals surface area contributed by atoms with E-state index in [2.05, 4.69) is 0 Å². The van der Waals surface area contributed by atoms with Crippen LogP contribution < -0.4 is 0 Å². The summed E-state index contributed by atoms with van der Waals surface area (Å²) in [5.74, 6) is -0.183. The number of hydrogen-bond donors (Lipinski definition) is 0. The number of hydrogen-bond acceptors (Lipinski definition) is 1. The average Bonchev–Trinajstić information content (AvgIpc) is 2.29. The van der Waals surface area contributed by atoms with Crippen LogP contribution in [0.2, 0.25) is 0 Å². The van der Waals surface area contributed by atoms with Gasteiger partial charge in [0.1, 0.15) is 5.82 Å². The molecule has 0 aromatic heterocycles. The van der Waals surface area contributed by atoms with E-state index in [0.29, 0.717) is 5.39 Å². The molecule has 1 unspecified atom stereocenters. The van der Waals surface area contributed by atoms with E-state index in [-0.39, 0.29) is 11.9 Å². The summed E-state index contributed by atoms with van der Waals surface area (Å²) in [7, 11) is 1.66. The summed E-state index contributed by atoms with van der Waals surface area (Å²) < 4.78 is 18.8. The van der Waals surface area contributed by atoms with Crippen molar-refractivity contribution in [1.82, 2.24) is 0 Å². The van der Waals surface area contributed by atoms with Gasteiger partial charge in [-0.15, -0.1) is 0 Å². The number of benzene rings is 2. The Morgan fingerprint density at radius 3 is 2.40 bits per heavy atom. The molecule has 0 radical (unpaired) electrons. The van der Waals surface area contributed by atoms with Gasteiger partial charge in [-0.1, -0.05) is 30.3 Å². The molecule has 0 bridgehead atoms. The van der Waals surface area contributed by atoms with Crippen molar-refractivity contribution in [3.8, 4) is 0 Å². The summed E-state index contributed by atoms with van der Waals surface area (Å²) in [6.07, 6.45) is -0.0181. The summed E-state index contributed by atoms with van der Waals surface area (Å²) in [5.41, 5.74) is 1.02. The fourth-order valence-corrected chi connectivity index (χ4v) is 1.77. The van der Waals surface area contributed by atoms with Crippen LogP contribution in [0, 0.1) is 5.82 Å². The highest BCUT2D eigenvalue weighted by Gasteiger charge is 2.10. The van der Waals surface area contributed by atoms with Gasteiger partial charge in [0, 0.05) is 12.5 Å². The Morgan fingerprint density at radius 2 is 1.73 bits per heavy atom. The van der Waals surface area contributed by atoms with Crippen molar-refractivity contribution < 1.29 is 9.13 Å². The van der Waals surface area contributed by atoms with Crippen LogP contribution in [-0.4, -0.2) is 7.11 Å². The van der Waals surface area contributed by atoms with Gasteiger partial charge in [0.25, 0.3) is 0 Å². The third-order valence-corrected chi connectivity index (χ3v) is 2.70. The molecule has 0 spiro atoms. The standard InChI is InChI=1S/C13H13FO/c1-9(15-2)10-7-8-13(14)12-6-4-3-5-11(10)12/h3-9H,1-2H3. The van der Waals surface area contributed by atoms with Crippen LogP contribution in [0.25, 0.3) is 10.8 Å². The van der Waals surface area contributed by atoms with Gasteiger partial charge in [0.05, 0.1) is 6.10 Å². The summed E-state index contributed by atoms with van der Waals surface area (Å²) in [5, 5.41) is 1.57. The van der Waals surface area contributed by atoms with E-state index in [1.807, 2.05) is 25.1 Å². The van der Waals surface area contributed by atoms with Crippen molar-refractivity contribution in [2.24, 2.45) is 0 Å². The van der Waals surface area contributed by atoms with Crippen molar-refractivity contribution >= 4 is 10.8 Å². The molecule has 0 amide bonds. The summed E-state index contributed by atoms with van der Waals surface area (Å²) in [6.45, 7) is 1.96. The SMILES string of the molecule is COC(C)c1ccc(F)c2ccccc12. The zero-order chi connectivity index (χ0) is 10.8. The first kappa shape index (κ1) is 10.1. The Labute approximate surface area is 88.5 Å². The third kappa shape index (κ3) is 1.73. The largest absolute Gasteiger partial charge is 0.377 e. The van der Waals surface area contributed by atoms with Gasteiger partial charge in [-0.25, -0.2) is 4.39 Å². The highest BCUT2D eigenvalue weighted by Crippen LogP contribution is 2.27. The molecule has 1 atom stereocenters. The first-order chi connectivity index (χ1) is 7.24. The summed E-state index contributed by atoms with van der Waals surface area (Å²) in [4.78, 5) is 0. The molecule has 0 saturated carbocycles. The Bertz CT molecular complexity index is 479. The van der Waals surface area contributed by atoms with E-state index in [4.69, 9.17) is 4.74 Å². The van der Waals surface area contributed by atoms with Crippen LogP contribution >= 0.6 is 0 Å². The van der Waals surface area contributed by atoms with Crippen molar-refractivity contribution in [3.05, 3.63) is 47.8 Å². The number of ether oxygens (including phenoxy) is 1. The highest BCUT2D eigenvalue weighted by atomic mass is 19.1. The summed E-state index contributed by atoms with van der Waals surface area (Å²) >= 11 is 0. The maximum absolute atomic E-state index is 13.5. The molecule has 2 aromatic carbocycles. The number of fused-ring (bicyclic) bond motifs is 1. The predicted octanol–water partition coefficient (Wildman–Crippen LogP) is 3.69. The average molecular weight is 204 g/mol. The molecule has 0 aliphatic carbocycles. The first-order valence-corrected chi connectivity index (χ1v) is 4.94. The van der Waals surface area contributed by atoms with Gasteiger partial charge in [0.2, 0.25) is 0 Å². The minimum absolute atomic E-state index is 0.0181. The molecule has 0 aliphatic heterocycles. The van der Waals surface area contributed by atoms with E-state index in [9.17, 15) is 4.39 Å². The van der Waals surface area contributed by atoms with Gasteiger partial charge in [-0.05, 0) is 23.9 Å². The maximum Gasteiger partial charge on any atom is 0.131 e. The molecule has 0 fully saturated rings. The van der Waals surface area contributed by atoms with E-state index < -0.39 is 0 Å². The Hall–Kier alpha value is -1.41. The molecule has 2 heteroatoms. The molecule has 1 nitrogen and oxygen atoms in total. The molecule has 2 aromatic rings. The zero-order valence-corrected chi connectivity index (χ0v) is 8.83. The number of methoxy groups -OCH3 is 1. The van der Waals surface area contributed by atoms with Crippen LogP contribution in [0.15, 0.2) is 36.4 Å². The van der Waals surface area contributed by atoms with Crippen LogP contribution in [0.4, 0.5) is 4.39 Å². The quantitative estimate of drug-likeness (QED) is 0.725. The highest BCUT2D eigenvalue weighted by molar-refractivity contribution is 5.86. The Balaban J connectivity index is 2.71. The second kappa shape index (κ2) is 3.99. The van der Waals surface area contributed by atoms with E-state index in [0.717, 1.165) is 10.9 Å². The van der Waals surface area contributed by atoms with E-state index in [1.165, 1.54) is 6.07 Å². The lowest BCUT2D eigenvalue weighted by Gasteiger charge is -2.13. The summed E-state index contributed by atoms with van der Waals surface area (Å²) in [6, 6.07) is 10.7. The molecule has 78 valence electrons. The number of rotatable bonds is 2. The molecule has 2 rings (SSSR count). The molecule has 0 saturated heterocycles. The smallest absolute Gasteiger partial charge is 0.131 e. The second-order valence-electron chi connectivity index (χ2n) is 3.56. The van der Waals surface area contributed by atoms with Crippen molar-refractivity contribution in [2.75, 3.05) is 7.11 Å². The fraction of sp³-hybridized carbons (Fsp3) is 0.231. The topological polar surface area (TPSA) is 9.23 Å². The van der Waals surface area contributed by atoms with Gasteiger partial charge < -0.3 is 4.74 Å². The van der Waals surface area contributed by atoms with Crippen LogP contribution in [-0.2, 0) is 4.74 Å². The Kier molecular flexibility index (Phi) is 2.69. The van der Waals surface area contributed by atoms with Gasteiger partial charge >= 0.3 is 0 Å². The lowest BCUT2D eigenvalue weighted by molar-refractivity contribution is 0.120.